The van der Waals surface area contributed by atoms with Gasteiger partial charge in [-0.2, -0.15) is 18.0 Å². The average Bonchev–Trinajstić information content (AvgIpc) is 3.48. The molecule has 0 radical (unpaired) electrons. The van der Waals surface area contributed by atoms with Crippen molar-refractivity contribution in [3.8, 4) is 5.88 Å². The van der Waals surface area contributed by atoms with E-state index in [4.69, 9.17) is 9.57 Å². The molecule has 4 rings (SSSR count). The summed E-state index contributed by atoms with van der Waals surface area (Å²) < 4.78 is 43.4. The SMILES string of the molecule is C/C(=N\OCc1ccc(C(F)(F)F)cc1)c1ccc(OCc2nnn(CC3CC3)n2)nc1. The number of benzene rings is 1. The third-order valence-corrected chi connectivity index (χ3v) is 4.83. The van der Waals surface area contributed by atoms with Gasteiger partial charge in [0.1, 0.15) is 6.61 Å². The lowest BCUT2D eigenvalue weighted by Gasteiger charge is -2.07. The van der Waals surface area contributed by atoms with Crippen molar-refractivity contribution in [2.24, 2.45) is 11.1 Å². The van der Waals surface area contributed by atoms with Gasteiger partial charge in [0, 0.05) is 17.8 Å². The molecule has 1 aromatic carbocycles. The fourth-order valence-corrected chi connectivity index (χ4v) is 2.81. The van der Waals surface area contributed by atoms with Crippen molar-refractivity contribution in [2.75, 3.05) is 0 Å². The third kappa shape index (κ3) is 6.02. The maximum atomic E-state index is 12.6. The lowest BCUT2D eigenvalue weighted by Crippen LogP contribution is -2.05. The Morgan fingerprint density at radius 2 is 1.91 bits per heavy atom. The fraction of sp³-hybridized carbons (Fsp3) is 0.381. The molecular weight excluding hydrogens is 425 g/mol. The van der Waals surface area contributed by atoms with Crippen LogP contribution in [-0.4, -0.2) is 30.9 Å². The van der Waals surface area contributed by atoms with Gasteiger partial charge in [0.25, 0.3) is 0 Å². The molecule has 1 aliphatic rings. The highest BCUT2D eigenvalue weighted by atomic mass is 19.4. The molecule has 0 amide bonds. The average molecular weight is 446 g/mol. The molecule has 8 nitrogen and oxygen atoms in total. The molecule has 0 bridgehead atoms. The Kier molecular flexibility index (Phi) is 6.33. The van der Waals surface area contributed by atoms with Gasteiger partial charge in [-0.05, 0) is 54.7 Å². The Hall–Kier alpha value is -3.50. The number of rotatable bonds is 9. The number of nitrogens with zero attached hydrogens (tertiary/aromatic N) is 6. The van der Waals surface area contributed by atoms with Gasteiger partial charge >= 0.3 is 6.18 Å². The largest absolute Gasteiger partial charge is 0.469 e. The second kappa shape index (κ2) is 9.33. The van der Waals surface area contributed by atoms with Crippen LogP contribution in [0.25, 0.3) is 0 Å². The molecule has 0 saturated heterocycles. The monoisotopic (exact) mass is 446 g/mol. The number of hydrogen-bond acceptors (Lipinski definition) is 7. The molecule has 168 valence electrons. The molecule has 0 aliphatic heterocycles. The van der Waals surface area contributed by atoms with E-state index in [2.05, 4.69) is 25.6 Å². The lowest BCUT2D eigenvalue weighted by molar-refractivity contribution is -0.137. The smallest absolute Gasteiger partial charge is 0.416 e. The Morgan fingerprint density at radius 1 is 1.12 bits per heavy atom. The highest BCUT2D eigenvalue weighted by Crippen LogP contribution is 2.30. The minimum absolute atomic E-state index is 0.0541. The molecule has 0 atom stereocenters. The van der Waals surface area contributed by atoms with Gasteiger partial charge in [-0.3, -0.25) is 0 Å². The van der Waals surface area contributed by atoms with Crippen molar-refractivity contribution >= 4 is 5.71 Å². The van der Waals surface area contributed by atoms with Gasteiger partial charge in [0.15, 0.2) is 6.61 Å². The highest BCUT2D eigenvalue weighted by Gasteiger charge is 2.29. The quantitative estimate of drug-likeness (QED) is 0.365. The van der Waals surface area contributed by atoms with Crippen molar-refractivity contribution in [2.45, 2.75) is 45.7 Å². The van der Waals surface area contributed by atoms with Crippen molar-refractivity contribution < 1.29 is 22.7 Å². The van der Waals surface area contributed by atoms with Crippen molar-refractivity contribution in [3.63, 3.8) is 0 Å². The predicted octanol–water partition coefficient (Wildman–Crippen LogP) is 4.02. The van der Waals surface area contributed by atoms with Crippen LogP contribution in [-0.2, 0) is 30.8 Å². The van der Waals surface area contributed by atoms with Crippen LogP contribution >= 0.6 is 0 Å². The van der Waals surface area contributed by atoms with Crippen LogP contribution in [0.1, 0.15) is 42.3 Å². The first-order valence-electron chi connectivity index (χ1n) is 10.1. The molecule has 32 heavy (non-hydrogen) atoms. The maximum Gasteiger partial charge on any atom is 0.416 e. The third-order valence-electron chi connectivity index (χ3n) is 4.83. The number of aromatic nitrogens is 5. The van der Waals surface area contributed by atoms with Crippen LogP contribution < -0.4 is 4.74 Å². The Balaban J connectivity index is 1.25. The minimum atomic E-state index is -4.36. The van der Waals surface area contributed by atoms with E-state index >= 15 is 0 Å². The summed E-state index contributed by atoms with van der Waals surface area (Å²) in [5, 5.41) is 16.3. The summed E-state index contributed by atoms with van der Waals surface area (Å²) in [7, 11) is 0. The van der Waals surface area contributed by atoms with Gasteiger partial charge in [0.2, 0.25) is 11.7 Å². The van der Waals surface area contributed by atoms with Gasteiger partial charge in [-0.1, -0.05) is 17.3 Å². The second-order valence-corrected chi connectivity index (χ2v) is 7.52. The molecule has 1 saturated carbocycles. The van der Waals surface area contributed by atoms with E-state index in [1.54, 1.807) is 30.0 Å². The second-order valence-electron chi connectivity index (χ2n) is 7.52. The van der Waals surface area contributed by atoms with E-state index in [9.17, 15) is 13.2 Å². The molecule has 3 aromatic rings. The zero-order valence-electron chi connectivity index (χ0n) is 17.3. The molecule has 1 aliphatic carbocycles. The van der Waals surface area contributed by atoms with Crippen LogP contribution in [0.15, 0.2) is 47.8 Å². The van der Waals surface area contributed by atoms with E-state index in [1.165, 1.54) is 25.0 Å². The van der Waals surface area contributed by atoms with Crippen LogP contribution in [0.5, 0.6) is 5.88 Å². The number of pyridine rings is 1. The summed E-state index contributed by atoms with van der Waals surface area (Å²) in [5.74, 6) is 1.56. The van der Waals surface area contributed by atoms with Gasteiger partial charge < -0.3 is 9.57 Å². The predicted molar refractivity (Wildman–Crippen MR) is 108 cm³/mol. The van der Waals surface area contributed by atoms with Crippen LogP contribution in [0, 0.1) is 5.92 Å². The van der Waals surface area contributed by atoms with Crippen molar-refractivity contribution in [3.05, 3.63) is 65.1 Å². The Labute approximate surface area is 182 Å². The molecule has 0 unspecified atom stereocenters. The first kappa shape index (κ1) is 21.7. The molecule has 2 aromatic heterocycles. The van der Waals surface area contributed by atoms with E-state index in [-0.39, 0.29) is 13.2 Å². The van der Waals surface area contributed by atoms with E-state index in [0.29, 0.717) is 28.9 Å². The lowest BCUT2D eigenvalue weighted by atomic mass is 10.1. The molecule has 11 heteroatoms. The number of ether oxygens (including phenoxy) is 1. The summed E-state index contributed by atoms with van der Waals surface area (Å²) in [6, 6.07) is 8.22. The van der Waals surface area contributed by atoms with E-state index < -0.39 is 11.7 Å². The summed E-state index contributed by atoms with van der Waals surface area (Å²) in [5.41, 5.74) is 1.17. The molecule has 0 N–H and O–H groups in total. The summed E-state index contributed by atoms with van der Waals surface area (Å²) in [6.45, 7) is 2.75. The van der Waals surface area contributed by atoms with Crippen molar-refractivity contribution in [1.29, 1.82) is 0 Å². The van der Waals surface area contributed by atoms with E-state index in [0.717, 1.165) is 24.2 Å². The van der Waals surface area contributed by atoms with Gasteiger partial charge in [0.05, 0.1) is 17.8 Å². The molecule has 1 fully saturated rings. The Morgan fingerprint density at radius 3 is 2.56 bits per heavy atom. The van der Waals surface area contributed by atoms with Gasteiger partial charge in [-0.25, -0.2) is 4.98 Å². The standard InChI is InChI=1S/C21H21F3N6O2/c1-14(28-32-12-16-4-7-18(8-5-16)21(22,23)24)17-6-9-20(25-10-17)31-13-19-26-29-30(27-19)11-15-2-3-15/h4-10,15H,2-3,11-13H2,1H3/b28-14+. The first-order chi connectivity index (χ1) is 15.4. The molecule has 2 heterocycles. The first-order valence-corrected chi connectivity index (χ1v) is 10.1. The topological polar surface area (TPSA) is 87.3 Å². The van der Waals surface area contributed by atoms with E-state index in [1.807, 2.05) is 0 Å². The number of alkyl halides is 3. The fourth-order valence-electron chi connectivity index (χ4n) is 2.81. The van der Waals surface area contributed by atoms with Crippen LogP contribution in [0.2, 0.25) is 0 Å². The maximum absolute atomic E-state index is 12.6. The Bertz CT molecular complexity index is 1060. The zero-order chi connectivity index (χ0) is 22.6. The molecule has 0 spiro atoms. The number of oxime groups is 1. The van der Waals surface area contributed by atoms with Gasteiger partial charge in [-0.15, -0.1) is 10.2 Å². The number of halogens is 3. The number of tetrazole rings is 1. The summed E-state index contributed by atoms with van der Waals surface area (Å²) in [4.78, 5) is 11.1. The minimum Gasteiger partial charge on any atom is -0.469 e. The van der Waals surface area contributed by atoms with Crippen molar-refractivity contribution in [1.82, 2.24) is 25.2 Å². The zero-order valence-corrected chi connectivity index (χ0v) is 17.3. The van der Waals surface area contributed by atoms with Crippen LogP contribution in [0.4, 0.5) is 13.2 Å². The number of hydrogen-bond donors (Lipinski definition) is 0. The highest BCUT2D eigenvalue weighted by molar-refractivity contribution is 5.98. The summed E-state index contributed by atoms with van der Waals surface area (Å²) in [6.07, 6.45) is -0.339. The normalized spacial score (nSPS) is 14.4. The molecular formula is C21H21F3N6O2. The summed E-state index contributed by atoms with van der Waals surface area (Å²) >= 11 is 0. The van der Waals surface area contributed by atoms with Crippen LogP contribution in [0.3, 0.4) is 0 Å².